The van der Waals surface area contributed by atoms with Crippen molar-refractivity contribution in [1.29, 1.82) is 0 Å². The van der Waals surface area contributed by atoms with Gasteiger partial charge in [-0.15, -0.1) is 0 Å². The molecule has 1 aromatic rings. The van der Waals surface area contributed by atoms with E-state index in [0.29, 0.717) is 6.04 Å². The van der Waals surface area contributed by atoms with Gasteiger partial charge in [0.1, 0.15) is 0 Å². The zero-order valence-corrected chi connectivity index (χ0v) is 9.74. The van der Waals surface area contributed by atoms with E-state index in [9.17, 15) is 0 Å². The summed E-state index contributed by atoms with van der Waals surface area (Å²) in [5.74, 6) is 0.843. The van der Waals surface area contributed by atoms with Crippen LogP contribution in [-0.2, 0) is 13.0 Å². The molecule has 0 aliphatic carbocycles. The highest BCUT2D eigenvalue weighted by atomic mass is 15.3. The predicted octanol–water partition coefficient (Wildman–Crippen LogP) is 1.83. The van der Waals surface area contributed by atoms with Crippen molar-refractivity contribution in [1.82, 2.24) is 15.1 Å². The van der Waals surface area contributed by atoms with Crippen LogP contribution in [-0.4, -0.2) is 22.4 Å². The minimum absolute atomic E-state index is 0.685. The molecule has 0 aromatic carbocycles. The molecule has 0 spiro atoms. The Labute approximate surface area is 91.9 Å². The van der Waals surface area contributed by atoms with E-state index in [1.165, 1.54) is 31.4 Å². The van der Waals surface area contributed by atoms with Gasteiger partial charge in [-0.3, -0.25) is 4.68 Å². The molecule has 15 heavy (non-hydrogen) atoms. The molecule has 2 heterocycles. The van der Waals surface area contributed by atoms with Crippen molar-refractivity contribution in [2.24, 2.45) is 5.92 Å². The van der Waals surface area contributed by atoms with Gasteiger partial charge in [0, 0.05) is 18.8 Å². The fraction of sp³-hybridized carbons (Fsp3) is 0.750. The highest BCUT2D eigenvalue weighted by Gasteiger charge is 2.18. The molecule has 1 aliphatic heterocycles. The van der Waals surface area contributed by atoms with Gasteiger partial charge in [0.15, 0.2) is 0 Å². The summed E-state index contributed by atoms with van der Waals surface area (Å²) in [6, 6.07) is 0.685. The number of aromatic nitrogens is 2. The number of nitrogens with one attached hydrogen (secondary N) is 1. The molecule has 2 rings (SSSR count). The first kappa shape index (κ1) is 10.7. The number of piperidine rings is 1. The van der Waals surface area contributed by atoms with E-state index in [2.05, 4.69) is 30.5 Å². The Kier molecular flexibility index (Phi) is 3.41. The van der Waals surface area contributed by atoms with Gasteiger partial charge in [0.2, 0.25) is 0 Å². The van der Waals surface area contributed by atoms with E-state index < -0.39 is 0 Å². The third-order valence-electron chi connectivity index (χ3n) is 3.27. The molecule has 0 bridgehead atoms. The molecule has 0 saturated carbocycles. The quantitative estimate of drug-likeness (QED) is 0.819. The molecule has 1 N–H and O–H groups in total. The van der Waals surface area contributed by atoms with Crippen LogP contribution in [0.1, 0.15) is 32.3 Å². The van der Waals surface area contributed by atoms with Crippen LogP contribution in [0.15, 0.2) is 12.4 Å². The van der Waals surface area contributed by atoms with Gasteiger partial charge in [-0.1, -0.05) is 0 Å². The van der Waals surface area contributed by atoms with Crippen molar-refractivity contribution >= 4 is 0 Å². The smallest absolute Gasteiger partial charge is 0.0521 e. The van der Waals surface area contributed by atoms with Crippen molar-refractivity contribution in [3.63, 3.8) is 0 Å². The molecule has 1 saturated heterocycles. The van der Waals surface area contributed by atoms with Crippen LogP contribution in [0.5, 0.6) is 0 Å². The van der Waals surface area contributed by atoms with Crippen molar-refractivity contribution in [2.75, 3.05) is 6.54 Å². The minimum atomic E-state index is 0.685. The zero-order valence-electron chi connectivity index (χ0n) is 9.74. The van der Waals surface area contributed by atoms with Crippen molar-refractivity contribution in [2.45, 2.75) is 45.7 Å². The number of nitrogens with zero attached hydrogens (tertiary/aromatic N) is 2. The minimum Gasteiger partial charge on any atom is -0.314 e. The summed E-state index contributed by atoms with van der Waals surface area (Å²) in [4.78, 5) is 0. The lowest BCUT2D eigenvalue weighted by Crippen LogP contribution is -2.36. The summed E-state index contributed by atoms with van der Waals surface area (Å²) in [5, 5.41) is 7.81. The van der Waals surface area contributed by atoms with Crippen LogP contribution in [0.25, 0.3) is 0 Å². The lowest BCUT2D eigenvalue weighted by atomic mass is 9.89. The van der Waals surface area contributed by atoms with Gasteiger partial charge in [-0.25, -0.2) is 0 Å². The first-order valence-electron chi connectivity index (χ1n) is 6.02. The van der Waals surface area contributed by atoms with Crippen LogP contribution >= 0.6 is 0 Å². The standard InChI is InChI=1S/C12H21N3/c1-3-15-9-12(8-14-15)7-11-4-5-13-10(2)6-11/h8-11,13H,3-7H2,1-2H3. The average molecular weight is 207 g/mol. The summed E-state index contributed by atoms with van der Waals surface area (Å²) in [5.41, 5.74) is 1.40. The summed E-state index contributed by atoms with van der Waals surface area (Å²) in [7, 11) is 0. The first-order chi connectivity index (χ1) is 7.28. The number of hydrogen-bond acceptors (Lipinski definition) is 2. The molecule has 1 aliphatic rings. The van der Waals surface area contributed by atoms with E-state index in [0.717, 1.165) is 12.5 Å². The summed E-state index contributed by atoms with van der Waals surface area (Å²) in [6.45, 7) is 6.56. The second-order valence-electron chi connectivity index (χ2n) is 4.65. The largest absolute Gasteiger partial charge is 0.314 e. The molecule has 0 amide bonds. The van der Waals surface area contributed by atoms with E-state index in [4.69, 9.17) is 0 Å². The van der Waals surface area contributed by atoms with Crippen molar-refractivity contribution in [3.05, 3.63) is 18.0 Å². The van der Waals surface area contributed by atoms with Crippen LogP contribution in [0, 0.1) is 5.92 Å². The Bertz CT molecular complexity index is 306. The molecule has 3 nitrogen and oxygen atoms in total. The second kappa shape index (κ2) is 4.79. The third-order valence-corrected chi connectivity index (χ3v) is 3.27. The average Bonchev–Trinajstić information content (AvgIpc) is 2.65. The molecule has 2 atom stereocenters. The highest BCUT2D eigenvalue weighted by molar-refractivity contribution is 5.05. The third kappa shape index (κ3) is 2.81. The highest BCUT2D eigenvalue weighted by Crippen LogP contribution is 2.20. The summed E-state index contributed by atoms with van der Waals surface area (Å²) < 4.78 is 2.01. The number of hydrogen-bond donors (Lipinski definition) is 1. The summed E-state index contributed by atoms with van der Waals surface area (Å²) >= 11 is 0. The fourth-order valence-corrected chi connectivity index (χ4v) is 2.44. The monoisotopic (exact) mass is 207 g/mol. The first-order valence-corrected chi connectivity index (χ1v) is 6.02. The van der Waals surface area contributed by atoms with Crippen LogP contribution in [0.3, 0.4) is 0 Å². The molecule has 1 fully saturated rings. The SMILES string of the molecule is CCn1cc(CC2CCNC(C)C2)cn1. The maximum Gasteiger partial charge on any atom is 0.0521 e. The molecule has 2 unspecified atom stereocenters. The Morgan fingerprint density at radius 3 is 3.13 bits per heavy atom. The lowest BCUT2D eigenvalue weighted by molar-refractivity contribution is 0.314. The van der Waals surface area contributed by atoms with Crippen molar-refractivity contribution in [3.8, 4) is 0 Å². The number of rotatable bonds is 3. The summed E-state index contributed by atoms with van der Waals surface area (Å²) in [6.07, 6.45) is 8.02. The van der Waals surface area contributed by atoms with E-state index in [-0.39, 0.29) is 0 Å². The van der Waals surface area contributed by atoms with Gasteiger partial charge in [-0.2, -0.15) is 5.10 Å². The molecular weight excluding hydrogens is 186 g/mol. The van der Waals surface area contributed by atoms with Crippen LogP contribution in [0.2, 0.25) is 0 Å². The van der Waals surface area contributed by atoms with Gasteiger partial charge in [0.05, 0.1) is 6.20 Å². The maximum atomic E-state index is 4.32. The molecule has 1 aromatic heterocycles. The van der Waals surface area contributed by atoms with Gasteiger partial charge in [-0.05, 0) is 51.1 Å². The van der Waals surface area contributed by atoms with Gasteiger partial charge in [0.25, 0.3) is 0 Å². The van der Waals surface area contributed by atoms with E-state index >= 15 is 0 Å². The maximum absolute atomic E-state index is 4.32. The molecule has 0 radical (unpaired) electrons. The van der Waals surface area contributed by atoms with E-state index in [1.54, 1.807) is 0 Å². The molecule has 3 heteroatoms. The predicted molar refractivity (Wildman–Crippen MR) is 61.8 cm³/mol. The Hall–Kier alpha value is -0.830. The van der Waals surface area contributed by atoms with Crippen molar-refractivity contribution < 1.29 is 0 Å². The fourth-order valence-electron chi connectivity index (χ4n) is 2.44. The molecule has 84 valence electrons. The van der Waals surface area contributed by atoms with Crippen LogP contribution in [0.4, 0.5) is 0 Å². The Balaban J connectivity index is 1.90. The normalized spacial score (nSPS) is 26.8. The second-order valence-corrected chi connectivity index (χ2v) is 4.65. The zero-order chi connectivity index (χ0) is 10.7. The lowest BCUT2D eigenvalue weighted by Gasteiger charge is -2.27. The van der Waals surface area contributed by atoms with Gasteiger partial charge >= 0.3 is 0 Å². The van der Waals surface area contributed by atoms with E-state index in [1.807, 2.05) is 10.9 Å². The topological polar surface area (TPSA) is 29.9 Å². The molecular formula is C12H21N3. The van der Waals surface area contributed by atoms with Crippen LogP contribution < -0.4 is 5.32 Å². The number of aryl methyl sites for hydroxylation is 1. The Morgan fingerprint density at radius 1 is 1.60 bits per heavy atom. The van der Waals surface area contributed by atoms with Gasteiger partial charge < -0.3 is 5.32 Å². The Morgan fingerprint density at radius 2 is 2.47 bits per heavy atom.